The van der Waals surface area contributed by atoms with Gasteiger partial charge in [0.2, 0.25) is 0 Å². The van der Waals surface area contributed by atoms with Crippen LogP contribution in [0.25, 0.3) is 10.8 Å². The average Bonchev–Trinajstić information content (AvgIpc) is 2.47. The summed E-state index contributed by atoms with van der Waals surface area (Å²) in [6, 6.07) is 18.7. The van der Waals surface area contributed by atoms with Gasteiger partial charge in [-0.25, -0.2) is 0 Å². The Hall–Kier alpha value is -1.87. The van der Waals surface area contributed by atoms with Gasteiger partial charge < -0.3 is 5.32 Å². The van der Waals surface area contributed by atoms with Gasteiger partial charge in [0.25, 0.3) is 0 Å². The number of halogens is 1. The van der Waals surface area contributed by atoms with Gasteiger partial charge in [-0.1, -0.05) is 36.4 Å². The first-order chi connectivity index (χ1) is 9.33. The molecule has 3 heteroatoms. The van der Waals surface area contributed by atoms with Crippen molar-refractivity contribution < 1.29 is 0 Å². The molecule has 0 unspecified atom stereocenters. The van der Waals surface area contributed by atoms with Crippen molar-refractivity contribution in [3.8, 4) is 0 Å². The molecule has 0 atom stereocenters. The summed E-state index contributed by atoms with van der Waals surface area (Å²) in [5, 5.41) is 5.93. The first kappa shape index (κ1) is 12.2. The number of hydrogen-bond donors (Lipinski definition) is 1. The molecule has 0 radical (unpaired) electrons. The van der Waals surface area contributed by atoms with Gasteiger partial charge in [0.05, 0.1) is 12.2 Å². The highest BCUT2D eigenvalue weighted by Crippen LogP contribution is 2.23. The molecule has 1 heterocycles. The highest BCUT2D eigenvalue weighted by molar-refractivity contribution is 9.10. The van der Waals surface area contributed by atoms with E-state index in [0.29, 0.717) is 0 Å². The lowest BCUT2D eigenvalue weighted by molar-refractivity contribution is 1.04. The maximum absolute atomic E-state index is 4.36. The number of nitrogens with zero attached hydrogens (tertiary/aromatic N) is 1. The maximum atomic E-state index is 4.36. The molecule has 1 N–H and O–H groups in total. The van der Waals surface area contributed by atoms with Crippen LogP contribution in [0.5, 0.6) is 0 Å². The molecule has 3 aromatic rings. The van der Waals surface area contributed by atoms with Crippen molar-refractivity contribution >= 4 is 32.4 Å². The van der Waals surface area contributed by atoms with Crippen LogP contribution in [0.1, 0.15) is 5.69 Å². The normalized spacial score (nSPS) is 10.6. The van der Waals surface area contributed by atoms with Gasteiger partial charge in [0, 0.05) is 21.7 Å². The quantitative estimate of drug-likeness (QED) is 0.764. The summed E-state index contributed by atoms with van der Waals surface area (Å²) in [6.07, 6.45) is 1.82. The van der Waals surface area contributed by atoms with Crippen molar-refractivity contribution in [3.63, 3.8) is 0 Å². The van der Waals surface area contributed by atoms with Crippen molar-refractivity contribution in [1.29, 1.82) is 0 Å². The Morgan fingerprint density at radius 1 is 0.947 bits per heavy atom. The van der Waals surface area contributed by atoms with Gasteiger partial charge in [-0.2, -0.15) is 0 Å². The summed E-state index contributed by atoms with van der Waals surface area (Å²) in [6.45, 7) is 0.723. The molecule has 2 nitrogen and oxygen atoms in total. The standard InChI is InChI=1S/C16H13BrN2/c17-13-8-9-14(18-10-13)11-19-16-7-3-5-12-4-1-2-6-15(12)16/h1-10,19H,11H2. The molecule has 0 aliphatic rings. The van der Waals surface area contributed by atoms with E-state index in [1.165, 1.54) is 10.8 Å². The van der Waals surface area contributed by atoms with Gasteiger partial charge in [-0.3, -0.25) is 4.98 Å². The third-order valence-corrected chi connectivity index (χ3v) is 3.51. The van der Waals surface area contributed by atoms with Crippen molar-refractivity contribution in [2.75, 3.05) is 5.32 Å². The van der Waals surface area contributed by atoms with Crippen LogP contribution in [0.2, 0.25) is 0 Å². The molecular formula is C16H13BrN2. The van der Waals surface area contributed by atoms with Gasteiger partial charge in [-0.15, -0.1) is 0 Å². The fraction of sp³-hybridized carbons (Fsp3) is 0.0625. The summed E-state index contributed by atoms with van der Waals surface area (Å²) >= 11 is 3.39. The summed E-state index contributed by atoms with van der Waals surface area (Å²) in [5.41, 5.74) is 2.17. The van der Waals surface area contributed by atoms with E-state index < -0.39 is 0 Å². The lowest BCUT2D eigenvalue weighted by Gasteiger charge is -2.09. The Morgan fingerprint density at radius 2 is 1.79 bits per heavy atom. The van der Waals surface area contributed by atoms with E-state index in [9.17, 15) is 0 Å². The summed E-state index contributed by atoms with van der Waals surface area (Å²) in [7, 11) is 0. The molecule has 0 aliphatic carbocycles. The molecule has 0 bridgehead atoms. The minimum Gasteiger partial charge on any atom is -0.379 e. The van der Waals surface area contributed by atoms with Crippen molar-refractivity contribution in [3.05, 3.63) is 71.0 Å². The SMILES string of the molecule is Brc1ccc(CNc2cccc3ccccc23)nc1. The van der Waals surface area contributed by atoms with E-state index >= 15 is 0 Å². The maximum Gasteiger partial charge on any atom is 0.0595 e. The number of anilines is 1. The molecule has 19 heavy (non-hydrogen) atoms. The van der Waals surface area contributed by atoms with Gasteiger partial charge >= 0.3 is 0 Å². The fourth-order valence-corrected chi connectivity index (χ4v) is 2.31. The van der Waals surface area contributed by atoms with Gasteiger partial charge in [0.15, 0.2) is 0 Å². The van der Waals surface area contributed by atoms with Crippen LogP contribution in [0.4, 0.5) is 5.69 Å². The minimum absolute atomic E-state index is 0.723. The number of aromatic nitrogens is 1. The number of hydrogen-bond acceptors (Lipinski definition) is 2. The van der Waals surface area contributed by atoms with Crippen LogP contribution in [0.3, 0.4) is 0 Å². The second kappa shape index (κ2) is 5.41. The Balaban J connectivity index is 1.84. The first-order valence-corrected chi connectivity index (χ1v) is 6.94. The molecule has 1 aromatic heterocycles. The average molecular weight is 313 g/mol. The minimum atomic E-state index is 0.723. The lowest BCUT2D eigenvalue weighted by atomic mass is 10.1. The topological polar surface area (TPSA) is 24.9 Å². The third-order valence-electron chi connectivity index (χ3n) is 3.04. The number of pyridine rings is 1. The highest BCUT2D eigenvalue weighted by atomic mass is 79.9. The Kier molecular flexibility index (Phi) is 3.47. The fourth-order valence-electron chi connectivity index (χ4n) is 2.08. The Bertz CT molecular complexity index is 687. The molecule has 0 saturated carbocycles. The van der Waals surface area contributed by atoms with Crippen LogP contribution in [-0.2, 0) is 6.54 Å². The number of nitrogens with one attached hydrogen (secondary N) is 1. The second-order valence-corrected chi connectivity index (χ2v) is 5.26. The zero-order valence-corrected chi connectivity index (χ0v) is 11.9. The summed E-state index contributed by atoms with van der Waals surface area (Å²) < 4.78 is 1.00. The molecule has 94 valence electrons. The zero-order chi connectivity index (χ0) is 13.1. The molecule has 3 rings (SSSR count). The molecular weight excluding hydrogens is 300 g/mol. The lowest BCUT2D eigenvalue weighted by Crippen LogP contribution is -2.01. The summed E-state index contributed by atoms with van der Waals surface area (Å²) in [4.78, 5) is 4.36. The molecule has 0 aliphatic heterocycles. The van der Waals surface area contributed by atoms with Crippen LogP contribution in [0.15, 0.2) is 65.3 Å². The molecule has 0 saturated heterocycles. The molecule has 2 aromatic carbocycles. The van der Waals surface area contributed by atoms with E-state index in [4.69, 9.17) is 0 Å². The van der Waals surface area contributed by atoms with Gasteiger partial charge in [-0.05, 0) is 39.5 Å². The number of rotatable bonds is 3. The van der Waals surface area contributed by atoms with Crippen molar-refractivity contribution in [2.24, 2.45) is 0 Å². The molecule has 0 amide bonds. The predicted molar refractivity (Wildman–Crippen MR) is 83.2 cm³/mol. The van der Waals surface area contributed by atoms with Crippen LogP contribution >= 0.6 is 15.9 Å². The first-order valence-electron chi connectivity index (χ1n) is 6.15. The predicted octanol–water partition coefficient (Wildman–Crippen LogP) is 4.61. The molecule has 0 fully saturated rings. The Morgan fingerprint density at radius 3 is 2.63 bits per heavy atom. The third kappa shape index (κ3) is 2.76. The highest BCUT2D eigenvalue weighted by Gasteiger charge is 2.00. The van der Waals surface area contributed by atoms with Crippen molar-refractivity contribution in [2.45, 2.75) is 6.54 Å². The monoisotopic (exact) mass is 312 g/mol. The number of fused-ring (bicyclic) bond motifs is 1. The largest absolute Gasteiger partial charge is 0.379 e. The van der Waals surface area contributed by atoms with E-state index in [2.05, 4.69) is 68.7 Å². The van der Waals surface area contributed by atoms with Crippen LogP contribution < -0.4 is 5.32 Å². The van der Waals surface area contributed by atoms with Gasteiger partial charge in [0.1, 0.15) is 0 Å². The smallest absolute Gasteiger partial charge is 0.0595 e. The van der Waals surface area contributed by atoms with Crippen LogP contribution in [0, 0.1) is 0 Å². The van der Waals surface area contributed by atoms with E-state index in [0.717, 1.165) is 22.4 Å². The molecule has 0 spiro atoms. The zero-order valence-electron chi connectivity index (χ0n) is 10.3. The van der Waals surface area contributed by atoms with E-state index in [1.807, 2.05) is 18.3 Å². The van der Waals surface area contributed by atoms with Crippen molar-refractivity contribution in [1.82, 2.24) is 4.98 Å². The second-order valence-electron chi connectivity index (χ2n) is 4.35. The van der Waals surface area contributed by atoms with E-state index in [1.54, 1.807) is 0 Å². The van der Waals surface area contributed by atoms with E-state index in [-0.39, 0.29) is 0 Å². The van der Waals surface area contributed by atoms with Crippen LogP contribution in [-0.4, -0.2) is 4.98 Å². The number of benzene rings is 2. The Labute approximate surface area is 120 Å². The summed E-state index contributed by atoms with van der Waals surface area (Å²) in [5.74, 6) is 0.